The molecule has 0 amide bonds. The summed E-state index contributed by atoms with van der Waals surface area (Å²) in [6.45, 7) is 4.33. The molecule has 0 bridgehead atoms. The van der Waals surface area contributed by atoms with Crippen LogP contribution in [0.4, 0.5) is 11.4 Å². The van der Waals surface area contributed by atoms with Crippen LogP contribution in [0.25, 0.3) is 0 Å². The van der Waals surface area contributed by atoms with Crippen molar-refractivity contribution in [1.82, 2.24) is 0 Å². The monoisotopic (exact) mass is 574 g/mol. The van der Waals surface area contributed by atoms with Crippen molar-refractivity contribution in [3.63, 3.8) is 0 Å². The van der Waals surface area contributed by atoms with E-state index in [9.17, 15) is 0 Å². The minimum absolute atomic E-state index is 0.909. The Balaban J connectivity index is 1.00. The smallest absolute Gasteiger partial charge is 0.0346 e. The zero-order chi connectivity index (χ0) is 30.3. The Bertz CT molecular complexity index is 1260. The third-order valence-corrected chi connectivity index (χ3v) is 8.97. The Morgan fingerprint density at radius 1 is 0.372 bits per heavy atom. The van der Waals surface area contributed by atoms with Gasteiger partial charge >= 0.3 is 0 Å². The van der Waals surface area contributed by atoms with Gasteiger partial charge in [-0.3, -0.25) is 0 Å². The van der Waals surface area contributed by atoms with Gasteiger partial charge in [-0.15, -0.1) is 0 Å². The molecule has 0 aliphatic carbocycles. The predicted octanol–water partition coefficient (Wildman–Crippen LogP) is 10.5. The highest BCUT2D eigenvalue weighted by Gasteiger charge is 2.04. The molecule has 2 nitrogen and oxygen atoms in total. The summed E-state index contributed by atoms with van der Waals surface area (Å²) in [7, 11) is 0. The first-order valence-electron chi connectivity index (χ1n) is 16.9. The van der Waals surface area contributed by atoms with Crippen LogP contribution in [0.1, 0.15) is 116 Å². The fourth-order valence-electron chi connectivity index (χ4n) is 6.17. The quantitative estimate of drug-likeness (QED) is 0.0917. The number of aryl methyl sites for hydroxylation is 4. The Hall–Kier alpha value is -3.52. The summed E-state index contributed by atoms with van der Waals surface area (Å²) in [5.41, 5.74) is 24.8. The van der Waals surface area contributed by atoms with Crippen molar-refractivity contribution in [2.24, 2.45) is 0 Å². The Labute approximate surface area is 261 Å². The molecular formula is C41H54N2. The van der Waals surface area contributed by atoms with Gasteiger partial charge in [0.2, 0.25) is 0 Å². The van der Waals surface area contributed by atoms with Gasteiger partial charge in [-0.05, 0) is 108 Å². The van der Waals surface area contributed by atoms with E-state index < -0.39 is 0 Å². The van der Waals surface area contributed by atoms with E-state index >= 15 is 0 Å². The number of anilines is 2. The third kappa shape index (κ3) is 10.9. The third-order valence-electron chi connectivity index (χ3n) is 8.97. The highest BCUT2D eigenvalue weighted by molar-refractivity contribution is 5.50. The molecule has 0 saturated carbocycles. The molecule has 0 saturated heterocycles. The SMILES string of the molecule is CCc1cc(Cc2ccc(CCCCCCCCCCCc3ccc(Cc4ccc(N)c(CC)c4)cc3)cc2)ccc1N. The highest BCUT2D eigenvalue weighted by atomic mass is 14.6. The molecule has 4 aromatic rings. The lowest BCUT2D eigenvalue weighted by Gasteiger charge is -2.08. The molecule has 0 spiro atoms. The van der Waals surface area contributed by atoms with Gasteiger partial charge in [-0.2, -0.15) is 0 Å². The molecule has 4 N–H and O–H groups in total. The molecule has 228 valence electrons. The summed E-state index contributed by atoms with van der Waals surface area (Å²) in [6.07, 6.45) is 18.5. The van der Waals surface area contributed by atoms with Crippen LogP contribution < -0.4 is 11.5 Å². The molecule has 4 rings (SSSR count). The van der Waals surface area contributed by atoms with E-state index in [1.54, 1.807) is 0 Å². The molecule has 0 atom stereocenters. The first kappa shape index (κ1) is 32.4. The lowest BCUT2D eigenvalue weighted by Crippen LogP contribution is -1.96. The number of rotatable bonds is 18. The first-order valence-corrected chi connectivity index (χ1v) is 16.9. The first-order chi connectivity index (χ1) is 21.0. The van der Waals surface area contributed by atoms with Crippen molar-refractivity contribution < 1.29 is 0 Å². The van der Waals surface area contributed by atoms with Gasteiger partial charge in [0, 0.05) is 11.4 Å². The molecule has 0 unspecified atom stereocenters. The van der Waals surface area contributed by atoms with Crippen LogP contribution in [0.2, 0.25) is 0 Å². The molecule has 2 heteroatoms. The number of nitrogen functional groups attached to an aromatic ring is 2. The van der Waals surface area contributed by atoms with Crippen LogP contribution in [0.3, 0.4) is 0 Å². The summed E-state index contributed by atoms with van der Waals surface area (Å²) in [5, 5.41) is 0. The van der Waals surface area contributed by atoms with Crippen molar-refractivity contribution in [3.05, 3.63) is 129 Å². The second-order valence-electron chi connectivity index (χ2n) is 12.4. The topological polar surface area (TPSA) is 52.0 Å². The summed E-state index contributed by atoms with van der Waals surface area (Å²) >= 11 is 0. The lowest BCUT2D eigenvalue weighted by molar-refractivity contribution is 0.558. The molecule has 4 aromatic carbocycles. The number of nitrogens with two attached hydrogens (primary N) is 2. The van der Waals surface area contributed by atoms with E-state index in [1.807, 2.05) is 0 Å². The maximum Gasteiger partial charge on any atom is 0.0346 e. The van der Waals surface area contributed by atoms with Gasteiger partial charge in [0.15, 0.2) is 0 Å². The minimum atomic E-state index is 0.909. The van der Waals surface area contributed by atoms with Crippen molar-refractivity contribution in [1.29, 1.82) is 0 Å². The number of benzene rings is 4. The summed E-state index contributed by atoms with van der Waals surface area (Å²) in [4.78, 5) is 0. The van der Waals surface area contributed by atoms with Gasteiger partial charge in [-0.1, -0.05) is 132 Å². The number of hydrogen-bond acceptors (Lipinski definition) is 2. The largest absolute Gasteiger partial charge is 0.399 e. The molecule has 0 aliphatic rings. The lowest BCUT2D eigenvalue weighted by atomic mass is 9.98. The molecule has 0 fully saturated rings. The van der Waals surface area contributed by atoms with E-state index in [0.717, 1.165) is 37.1 Å². The molecule has 0 aromatic heterocycles. The molecule has 43 heavy (non-hydrogen) atoms. The molecule has 0 radical (unpaired) electrons. The normalized spacial score (nSPS) is 11.2. The minimum Gasteiger partial charge on any atom is -0.399 e. The van der Waals surface area contributed by atoms with Crippen molar-refractivity contribution in [2.75, 3.05) is 11.5 Å². The zero-order valence-electron chi connectivity index (χ0n) is 26.8. The van der Waals surface area contributed by atoms with E-state index in [1.165, 1.54) is 115 Å². The van der Waals surface area contributed by atoms with Gasteiger partial charge in [0.25, 0.3) is 0 Å². The average molecular weight is 575 g/mol. The summed E-state index contributed by atoms with van der Waals surface area (Å²) in [5.74, 6) is 0. The Morgan fingerprint density at radius 3 is 1.02 bits per heavy atom. The van der Waals surface area contributed by atoms with Crippen LogP contribution in [-0.2, 0) is 38.5 Å². The van der Waals surface area contributed by atoms with E-state index in [2.05, 4.69) is 98.8 Å². The number of hydrogen-bond donors (Lipinski definition) is 2. The van der Waals surface area contributed by atoms with Crippen LogP contribution in [0.5, 0.6) is 0 Å². The zero-order valence-corrected chi connectivity index (χ0v) is 26.8. The maximum atomic E-state index is 6.07. The standard InChI is InChI=1S/C41H54N2/c1-3-38-30-36(24-26-40(38)42)28-34-20-16-32(17-21-34)14-12-10-8-6-5-7-9-11-13-15-33-18-22-35(23-19-33)29-37-25-27-41(43)39(4-2)31-37/h16-27,30-31H,3-15,28-29,42-43H2,1-2H3. The Morgan fingerprint density at radius 2 is 0.674 bits per heavy atom. The van der Waals surface area contributed by atoms with Crippen molar-refractivity contribution in [3.8, 4) is 0 Å². The van der Waals surface area contributed by atoms with Crippen molar-refractivity contribution in [2.45, 2.75) is 110 Å². The van der Waals surface area contributed by atoms with Gasteiger partial charge in [0.05, 0.1) is 0 Å². The van der Waals surface area contributed by atoms with Gasteiger partial charge in [-0.25, -0.2) is 0 Å². The molecular weight excluding hydrogens is 520 g/mol. The van der Waals surface area contributed by atoms with E-state index in [-0.39, 0.29) is 0 Å². The van der Waals surface area contributed by atoms with Crippen LogP contribution >= 0.6 is 0 Å². The average Bonchev–Trinajstić information content (AvgIpc) is 3.03. The van der Waals surface area contributed by atoms with E-state index in [0.29, 0.717) is 0 Å². The second-order valence-corrected chi connectivity index (χ2v) is 12.4. The van der Waals surface area contributed by atoms with Gasteiger partial charge in [0.1, 0.15) is 0 Å². The summed E-state index contributed by atoms with van der Waals surface area (Å²) < 4.78 is 0. The predicted molar refractivity (Wildman–Crippen MR) is 188 cm³/mol. The Kier molecular flexibility index (Phi) is 13.2. The van der Waals surface area contributed by atoms with Gasteiger partial charge < -0.3 is 11.5 Å². The fourth-order valence-corrected chi connectivity index (χ4v) is 6.17. The molecule has 0 aliphatic heterocycles. The van der Waals surface area contributed by atoms with Crippen LogP contribution in [0, 0.1) is 0 Å². The fraction of sp³-hybridized carbons (Fsp3) is 0.415. The summed E-state index contributed by atoms with van der Waals surface area (Å²) in [6, 6.07) is 31.5. The van der Waals surface area contributed by atoms with Crippen LogP contribution in [-0.4, -0.2) is 0 Å². The highest BCUT2D eigenvalue weighted by Crippen LogP contribution is 2.20. The maximum absolute atomic E-state index is 6.07. The second kappa shape index (κ2) is 17.6. The van der Waals surface area contributed by atoms with E-state index in [4.69, 9.17) is 11.5 Å². The van der Waals surface area contributed by atoms with Crippen LogP contribution in [0.15, 0.2) is 84.9 Å². The van der Waals surface area contributed by atoms with Crippen molar-refractivity contribution >= 4 is 11.4 Å². The number of unbranched alkanes of at least 4 members (excludes halogenated alkanes) is 8. The molecule has 0 heterocycles.